The Hall–Kier alpha value is -2.33. The van der Waals surface area contributed by atoms with Crippen molar-refractivity contribution in [1.82, 2.24) is 0 Å². The monoisotopic (exact) mass is 867 g/mol. The molecule has 0 heterocycles. The van der Waals surface area contributed by atoms with Gasteiger partial charge in [-0.1, -0.05) is 190 Å². The van der Waals surface area contributed by atoms with Crippen LogP contribution < -0.4 is 0 Å². The van der Waals surface area contributed by atoms with Crippen molar-refractivity contribution in [3.63, 3.8) is 0 Å². The van der Waals surface area contributed by atoms with Gasteiger partial charge in [0.15, 0.2) is 0 Å². The first-order chi connectivity index (χ1) is 29.3. The summed E-state index contributed by atoms with van der Waals surface area (Å²) in [6.07, 6.45) is 50.5. The van der Waals surface area contributed by atoms with Gasteiger partial charge in [0.25, 0.3) is 0 Å². The van der Waals surface area contributed by atoms with Gasteiger partial charge in [-0.25, -0.2) is 4.57 Å². The second-order valence-electron chi connectivity index (χ2n) is 15.7. The number of ether oxygens (including phenoxy) is 2. The summed E-state index contributed by atoms with van der Waals surface area (Å²) in [5, 5.41) is 19.2. The Morgan fingerprint density at radius 2 is 0.783 bits per heavy atom. The van der Waals surface area contributed by atoms with Gasteiger partial charge in [-0.2, -0.15) is 0 Å². The molecule has 0 saturated carbocycles. The summed E-state index contributed by atoms with van der Waals surface area (Å²) < 4.78 is 32.6. The topological polar surface area (TPSA) is 149 Å². The quantitative estimate of drug-likeness (QED) is 0.0234. The van der Waals surface area contributed by atoms with Crippen molar-refractivity contribution < 1.29 is 47.8 Å². The number of aliphatic hydroxyl groups is 2. The van der Waals surface area contributed by atoms with E-state index in [1.54, 1.807) is 0 Å². The Labute approximate surface area is 366 Å². The van der Waals surface area contributed by atoms with E-state index in [2.05, 4.69) is 74.6 Å². The van der Waals surface area contributed by atoms with Crippen LogP contribution in [0.2, 0.25) is 0 Å². The van der Waals surface area contributed by atoms with Gasteiger partial charge in [-0.05, 0) is 57.8 Å². The molecule has 0 fully saturated rings. The first-order valence-corrected chi connectivity index (χ1v) is 25.2. The second kappa shape index (κ2) is 44.7. The van der Waals surface area contributed by atoms with Crippen LogP contribution in [0.3, 0.4) is 0 Å². The van der Waals surface area contributed by atoms with Crippen molar-refractivity contribution in [3.8, 4) is 0 Å². The first kappa shape index (κ1) is 57.7. The Kier molecular flexibility index (Phi) is 43.0. The lowest BCUT2D eigenvalue weighted by Gasteiger charge is -2.20. The molecular formula is C49H87O10P. The van der Waals surface area contributed by atoms with Crippen LogP contribution in [-0.2, 0) is 32.7 Å². The van der Waals surface area contributed by atoms with Gasteiger partial charge >= 0.3 is 19.8 Å². The molecule has 0 aromatic rings. The third-order valence-corrected chi connectivity index (χ3v) is 10.9. The maximum Gasteiger partial charge on any atom is 0.472 e. The molecule has 0 aromatic heterocycles. The molecule has 3 N–H and O–H groups in total. The molecule has 3 atom stereocenters. The van der Waals surface area contributed by atoms with E-state index in [1.807, 2.05) is 0 Å². The molecule has 0 rings (SSSR count). The number of carbonyl (C=O) groups excluding carboxylic acids is 2. The molecule has 0 saturated heterocycles. The second-order valence-corrected chi connectivity index (χ2v) is 17.2. The predicted molar refractivity (Wildman–Crippen MR) is 247 cm³/mol. The van der Waals surface area contributed by atoms with Crippen LogP contribution in [0, 0.1) is 0 Å². The van der Waals surface area contributed by atoms with Crippen LogP contribution in [-0.4, -0.2) is 65.7 Å². The number of allylic oxidation sites excluding steroid dienone is 10. The Morgan fingerprint density at radius 1 is 0.467 bits per heavy atom. The van der Waals surface area contributed by atoms with Gasteiger partial charge < -0.3 is 24.6 Å². The molecule has 0 amide bonds. The van der Waals surface area contributed by atoms with Crippen molar-refractivity contribution in [1.29, 1.82) is 0 Å². The molecule has 0 aromatic carbocycles. The number of rotatable bonds is 44. The summed E-state index contributed by atoms with van der Waals surface area (Å²) in [6.45, 7) is 2.08. The average Bonchev–Trinajstić information content (AvgIpc) is 3.24. The molecule has 3 unspecified atom stereocenters. The highest BCUT2D eigenvalue weighted by Crippen LogP contribution is 2.43. The lowest BCUT2D eigenvalue weighted by atomic mass is 10.0. The fraction of sp³-hybridized carbons (Fsp3) is 0.755. The van der Waals surface area contributed by atoms with E-state index in [0.29, 0.717) is 12.8 Å². The van der Waals surface area contributed by atoms with Gasteiger partial charge in [0, 0.05) is 12.8 Å². The van der Waals surface area contributed by atoms with Crippen molar-refractivity contribution in [2.45, 2.75) is 212 Å². The Morgan fingerprint density at radius 3 is 1.13 bits per heavy atom. The average molecular weight is 867 g/mol. The van der Waals surface area contributed by atoms with Gasteiger partial charge in [-0.15, -0.1) is 0 Å². The zero-order chi connectivity index (χ0) is 44.0. The maximum atomic E-state index is 12.4. The van der Waals surface area contributed by atoms with Gasteiger partial charge in [0.2, 0.25) is 0 Å². The SMILES string of the molecule is CC/C=C\C/C=C\C/C=C\C/C=C\C/C=C\CCCCCC(=O)OC(CO)COP(=O)(O)OCC(CO)OC(=O)CCCCCCCCCCCCCCCCCCCC. The zero-order valence-electron chi connectivity index (χ0n) is 37.9. The molecule has 0 aliphatic carbocycles. The molecule has 0 radical (unpaired) electrons. The fourth-order valence-electron chi connectivity index (χ4n) is 6.38. The number of unbranched alkanes of at least 4 members (excludes halogenated alkanes) is 20. The molecule has 60 heavy (non-hydrogen) atoms. The Bertz CT molecular complexity index is 1180. The summed E-state index contributed by atoms with van der Waals surface area (Å²) in [6, 6.07) is 0. The number of carbonyl (C=O) groups is 2. The fourth-order valence-corrected chi connectivity index (χ4v) is 7.16. The van der Waals surface area contributed by atoms with E-state index in [9.17, 15) is 29.3 Å². The number of hydrogen-bond donors (Lipinski definition) is 3. The highest BCUT2D eigenvalue weighted by molar-refractivity contribution is 7.47. The Balaban J connectivity index is 3.93. The van der Waals surface area contributed by atoms with E-state index >= 15 is 0 Å². The van der Waals surface area contributed by atoms with E-state index in [-0.39, 0.29) is 12.8 Å². The largest absolute Gasteiger partial charge is 0.472 e. The van der Waals surface area contributed by atoms with E-state index in [0.717, 1.165) is 70.6 Å². The standard InChI is InChI=1S/C49H87O10P/c1-3-5-7-9-11-13-15-17-19-21-23-25-27-29-31-33-35-37-39-41-49(53)59-47(43-51)45-57-60(54,55)56-44-46(42-50)58-48(52)40-38-36-34-32-30-28-26-24-22-20-18-16-14-12-10-8-6-4-2/h5,7,11,13,17,19,23,25,29,31,46-47,50-51H,3-4,6,8-10,12,14-16,18,20-22,24,26-28,30,32-45H2,1-2H3,(H,54,55)/b7-5-,13-11-,19-17-,25-23-,31-29-. The summed E-state index contributed by atoms with van der Waals surface area (Å²) >= 11 is 0. The van der Waals surface area contributed by atoms with Crippen LogP contribution in [0.25, 0.3) is 0 Å². The third kappa shape index (κ3) is 42.4. The van der Waals surface area contributed by atoms with Crippen LogP contribution >= 0.6 is 7.82 Å². The highest BCUT2D eigenvalue weighted by atomic mass is 31.2. The van der Waals surface area contributed by atoms with Crippen molar-refractivity contribution in [2.75, 3.05) is 26.4 Å². The zero-order valence-corrected chi connectivity index (χ0v) is 38.8. The number of hydrogen-bond acceptors (Lipinski definition) is 9. The van der Waals surface area contributed by atoms with Crippen LogP contribution in [0.4, 0.5) is 0 Å². The minimum absolute atomic E-state index is 0.151. The molecule has 0 spiro atoms. The number of aliphatic hydroxyl groups excluding tert-OH is 2. The molecular weight excluding hydrogens is 780 g/mol. The molecule has 0 bridgehead atoms. The molecule has 10 nitrogen and oxygen atoms in total. The number of phosphoric ester groups is 1. The van der Waals surface area contributed by atoms with Crippen LogP contribution in [0.15, 0.2) is 60.8 Å². The maximum absolute atomic E-state index is 12.4. The predicted octanol–water partition coefficient (Wildman–Crippen LogP) is 13.1. The lowest BCUT2D eigenvalue weighted by Crippen LogP contribution is -2.28. The summed E-state index contributed by atoms with van der Waals surface area (Å²) in [7, 11) is -4.65. The third-order valence-electron chi connectivity index (χ3n) is 9.99. The normalized spacial score (nSPS) is 14.3. The molecule has 0 aliphatic heterocycles. The van der Waals surface area contributed by atoms with Crippen molar-refractivity contribution in [2.24, 2.45) is 0 Å². The molecule has 0 aliphatic rings. The van der Waals surface area contributed by atoms with Gasteiger partial charge in [-0.3, -0.25) is 18.6 Å². The number of esters is 2. The smallest absolute Gasteiger partial charge is 0.457 e. The molecule has 11 heteroatoms. The van der Waals surface area contributed by atoms with Crippen molar-refractivity contribution in [3.05, 3.63) is 60.8 Å². The lowest BCUT2D eigenvalue weighted by molar-refractivity contribution is -0.153. The summed E-state index contributed by atoms with van der Waals surface area (Å²) in [5.74, 6) is -1.05. The minimum atomic E-state index is -4.65. The van der Waals surface area contributed by atoms with E-state index in [4.69, 9.17) is 18.5 Å². The number of phosphoric acid groups is 1. The van der Waals surface area contributed by atoms with Crippen LogP contribution in [0.1, 0.15) is 200 Å². The highest BCUT2D eigenvalue weighted by Gasteiger charge is 2.27. The van der Waals surface area contributed by atoms with E-state index in [1.165, 1.54) is 89.9 Å². The van der Waals surface area contributed by atoms with Gasteiger partial charge in [0.1, 0.15) is 12.2 Å². The molecule has 348 valence electrons. The summed E-state index contributed by atoms with van der Waals surface area (Å²) in [5.41, 5.74) is 0. The van der Waals surface area contributed by atoms with Crippen molar-refractivity contribution >= 4 is 19.8 Å². The first-order valence-electron chi connectivity index (χ1n) is 23.7. The van der Waals surface area contributed by atoms with Gasteiger partial charge in [0.05, 0.1) is 26.4 Å². The van der Waals surface area contributed by atoms with E-state index < -0.39 is 58.4 Å². The van der Waals surface area contributed by atoms with Crippen LogP contribution in [0.5, 0.6) is 0 Å². The summed E-state index contributed by atoms with van der Waals surface area (Å²) in [4.78, 5) is 34.6. The minimum Gasteiger partial charge on any atom is -0.457 e.